The number of thiazole rings is 1. The van der Waals surface area contributed by atoms with Crippen LogP contribution in [0.5, 0.6) is 5.75 Å². The molecular weight excluding hydrogens is 244 g/mol. The summed E-state index contributed by atoms with van der Waals surface area (Å²) in [6, 6.07) is 8.19. The number of benzene rings is 1. The lowest BCUT2D eigenvalue weighted by atomic mass is 10.2. The van der Waals surface area contributed by atoms with E-state index in [2.05, 4.69) is 10.4 Å². The van der Waals surface area contributed by atoms with Gasteiger partial charge in [0.15, 0.2) is 0 Å². The van der Waals surface area contributed by atoms with Gasteiger partial charge in [0.05, 0.1) is 12.3 Å². The van der Waals surface area contributed by atoms with Crippen LogP contribution in [-0.4, -0.2) is 17.6 Å². The summed E-state index contributed by atoms with van der Waals surface area (Å²) in [6.45, 7) is 4.67. The fraction of sp³-hybridized carbons (Fsp3) is 0.357. The van der Waals surface area contributed by atoms with Crippen LogP contribution in [0.4, 0.5) is 0 Å². The Morgan fingerprint density at radius 1 is 1.33 bits per heavy atom. The fourth-order valence-electron chi connectivity index (χ4n) is 1.72. The van der Waals surface area contributed by atoms with Crippen LogP contribution in [0.25, 0.3) is 10.6 Å². The molecule has 0 aliphatic rings. The number of nitrogens with zero attached hydrogens (tertiary/aromatic N) is 1. The van der Waals surface area contributed by atoms with Crippen molar-refractivity contribution in [3.8, 4) is 16.3 Å². The first-order chi connectivity index (χ1) is 8.69. The van der Waals surface area contributed by atoms with E-state index in [1.807, 2.05) is 38.1 Å². The molecule has 18 heavy (non-hydrogen) atoms. The molecule has 96 valence electrons. The maximum absolute atomic E-state index is 5.77. The molecule has 2 aromatic rings. The van der Waals surface area contributed by atoms with Crippen molar-refractivity contribution in [3.05, 3.63) is 35.3 Å². The first-order valence-corrected chi connectivity index (χ1v) is 7.00. The predicted octanol–water partition coefficient (Wildman–Crippen LogP) is 3.10. The standard InChI is InChI=1S/C14H18N2OS/c1-3-17-13-6-4-11(5-7-13)14-16-12(9-18-14)8-10(2)15/h4-7,9-10H,3,8,15H2,1-2H3. The second kappa shape index (κ2) is 5.98. The lowest BCUT2D eigenvalue weighted by Gasteiger charge is -2.03. The quantitative estimate of drug-likeness (QED) is 0.900. The van der Waals surface area contributed by atoms with E-state index < -0.39 is 0 Å². The van der Waals surface area contributed by atoms with Crippen LogP contribution < -0.4 is 10.5 Å². The van der Waals surface area contributed by atoms with Gasteiger partial charge in [-0.1, -0.05) is 0 Å². The highest BCUT2D eigenvalue weighted by atomic mass is 32.1. The summed E-state index contributed by atoms with van der Waals surface area (Å²) in [7, 11) is 0. The average molecular weight is 262 g/mol. The van der Waals surface area contributed by atoms with Crippen molar-refractivity contribution in [2.45, 2.75) is 26.3 Å². The molecule has 0 saturated heterocycles. The smallest absolute Gasteiger partial charge is 0.123 e. The molecule has 0 aliphatic carbocycles. The number of hydrogen-bond acceptors (Lipinski definition) is 4. The zero-order chi connectivity index (χ0) is 13.0. The number of rotatable bonds is 5. The van der Waals surface area contributed by atoms with Crippen molar-refractivity contribution in [3.63, 3.8) is 0 Å². The SMILES string of the molecule is CCOc1ccc(-c2nc(CC(C)N)cs2)cc1. The van der Waals surface area contributed by atoms with Gasteiger partial charge < -0.3 is 10.5 Å². The van der Waals surface area contributed by atoms with Gasteiger partial charge in [0.25, 0.3) is 0 Å². The normalized spacial score (nSPS) is 12.4. The molecule has 1 aromatic heterocycles. The summed E-state index contributed by atoms with van der Waals surface area (Å²) in [6.07, 6.45) is 0.827. The van der Waals surface area contributed by atoms with E-state index in [0.717, 1.165) is 28.4 Å². The minimum Gasteiger partial charge on any atom is -0.494 e. The lowest BCUT2D eigenvalue weighted by molar-refractivity contribution is 0.340. The molecule has 0 amide bonds. The van der Waals surface area contributed by atoms with E-state index in [-0.39, 0.29) is 6.04 Å². The van der Waals surface area contributed by atoms with Gasteiger partial charge in [0.1, 0.15) is 10.8 Å². The number of ether oxygens (including phenoxy) is 1. The highest BCUT2D eigenvalue weighted by molar-refractivity contribution is 7.13. The monoisotopic (exact) mass is 262 g/mol. The molecule has 0 saturated carbocycles. The van der Waals surface area contributed by atoms with E-state index in [0.29, 0.717) is 6.61 Å². The summed E-state index contributed by atoms with van der Waals surface area (Å²) >= 11 is 1.66. The lowest BCUT2D eigenvalue weighted by Crippen LogP contribution is -2.17. The number of hydrogen-bond donors (Lipinski definition) is 1. The molecule has 1 atom stereocenters. The molecule has 0 bridgehead atoms. The van der Waals surface area contributed by atoms with Crippen LogP contribution in [0.3, 0.4) is 0 Å². The van der Waals surface area contributed by atoms with Crippen molar-refractivity contribution in [2.75, 3.05) is 6.61 Å². The highest BCUT2D eigenvalue weighted by Gasteiger charge is 2.06. The van der Waals surface area contributed by atoms with Crippen LogP contribution >= 0.6 is 11.3 Å². The Labute approximate surface area is 112 Å². The first-order valence-electron chi connectivity index (χ1n) is 6.12. The Bertz CT molecular complexity index is 491. The zero-order valence-electron chi connectivity index (χ0n) is 10.7. The van der Waals surface area contributed by atoms with Crippen LogP contribution in [0.15, 0.2) is 29.6 Å². The van der Waals surface area contributed by atoms with Gasteiger partial charge in [-0.25, -0.2) is 4.98 Å². The van der Waals surface area contributed by atoms with E-state index in [4.69, 9.17) is 10.5 Å². The number of nitrogens with two attached hydrogens (primary N) is 1. The second-order valence-corrected chi connectivity index (χ2v) is 5.14. The minimum absolute atomic E-state index is 0.153. The van der Waals surface area contributed by atoms with Gasteiger partial charge in [-0.05, 0) is 38.1 Å². The summed E-state index contributed by atoms with van der Waals surface area (Å²) in [5.74, 6) is 0.897. The molecule has 3 nitrogen and oxygen atoms in total. The van der Waals surface area contributed by atoms with Crippen LogP contribution in [0, 0.1) is 0 Å². The van der Waals surface area contributed by atoms with Gasteiger partial charge in [-0.15, -0.1) is 11.3 Å². The summed E-state index contributed by atoms with van der Waals surface area (Å²) in [4.78, 5) is 4.59. The van der Waals surface area contributed by atoms with Crippen molar-refractivity contribution in [1.29, 1.82) is 0 Å². The summed E-state index contributed by atoms with van der Waals surface area (Å²) in [5.41, 5.74) is 7.97. The van der Waals surface area contributed by atoms with Gasteiger partial charge >= 0.3 is 0 Å². The summed E-state index contributed by atoms with van der Waals surface area (Å²) in [5, 5.41) is 3.11. The minimum atomic E-state index is 0.153. The van der Waals surface area contributed by atoms with Gasteiger partial charge in [0, 0.05) is 23.4 Å². The number of aromatic nitrogens is 1. The van der Waals surface area contributed by atoms with Gasteiger partial charge in [0.2, 0.25) is 0 Å². The van der Waals surface area contributed by atoms with Crippen LogP contribution in [0.1, 0.15) is 19.5 Å². The molecule has 0 spiro atoms. The largest absolute Gasteiger partial charge is 0.494 e. The van der Waals surface area contributed by atoms with E-state index >= 15 is 0 Å². The molecule has 0 aliphatic heterocycles. The second-order valence-electron chi connectivity index (χ2n) is 4.28. The Morgan fingerprint density at radius 2 is 2.06 bits per heavy atom. The van der Waals surface area contributed by atoms with E-state index in [9.17, 15) is 0 Å². The van der Waals surface area contributed by atoms with E-state index in [1.165, 1.54) is 0 Å². The van der Waals surface area contributed by atoms with Crippen LogP contribution in [0.2, 0.25) is 0 Å². The molecule has 1 aromatic carbocycles. The molecule has 0 radical (unpaired) electrons. The Balaban J connectivity index is 2.13. The van der Waals surface area contributed by atoms with Crippen molar-refractivity contribution in [2.24, 2.45) is 5.73 Å². The van der Waals surface area contributed by atoms with Crippen LogP contribution in [-0.2, 0) is 6.42 Å². The Hall–Kier alpha value is -1.39. The van der Waals surface area contributed by atoms with Gasteiger partial charge in [-0.2, -0.15) is 0 Å². The van der Waals surface area contributed by atoms with Crippen molar-refractivity contribution >= 4 is 11.3 Å². The maximum atomic E-state index is 5.77. The predicted molar refractivity (Wildman–Crippen MR) is 76.1 cm³/mol. The molecule has 2 N–H and O–H groups in total. The molecule has 2 rings (SSSR count). The topological polar surface area (TPSA) is 48.1 Å². The Kier molecular flexibility index (Phi) is 4.33. The third kappa shape index (κ3) is 3.31. The molecule has 1 heterocycles. The zero-order valence-corrected chi connectivity index (χ0v) is 11.5. The maximum Gasteiger partial charge on any atom is 0.123 e. The summed E-state index contributed by atoms with van der Waals surface area (Å²) < 4.78 is 5.42. The van der Waals surface area contributed by atoms with Gasteiger partial charge in [-0.3, -0.25) is 0 Å². The third-order valence-corrected chi connectivity index (χ3v) is 3.44. The first kappa shape index (κ1) is 13.1. The molecule has 4 heteroatoms. The third-order valence-electron chi connectivity index (χ3n) is 2.50. The molecule has 1 unspecified atom stereocenters. The Morgan fingerprint density at radius 3 is 2.67 bits per heavy atom. The average Bonchev–Trinajstić information content (AvgIpc) is 2.78. The van der Waals surface area contributed by atoms with Crippen molar-refractivity contribution < 1.29 is 4.74 Å². The fourth-order valence-corrected chi connectivity index (χ4v) is 2.56. The highest BCUT2D eigenvalue weighted by Crippen LogP contribution is 2.26. The van der Waals surface area contributed by atoms with E-state index in [1.54, 1.807) is 11.3 Å². The molecule has 0 fully saturated rings. The van der Waals surface area contributed by atoms with Crippen molar-refractivity contribution in [1.82, 2.24) is 4.98 Å². The molecular formula is C14H18N2OS.